The Morgan fingerprint density at radius 1 is 1.23 bits per heavy atom. The maximum absolute atomic E-state index is 13.0. The number of halogens is 1. The second-order valence-corrected chi connectivity index (χ2v) is 12.2. The largest absolute Gasteiger partial charge is 0.332 e. The lowest BCUT2D eigenvalue weighted by Crippen LogP contribution is -2.55. The minimum atomic E-state index is -3.89. The van der Waals surface area contributed by atoms with Crippen LogP contribution < -0.4 is 10.0 Å². The van der Waals surface area contributed by atoms with E-state index in [1.807, 2.05) is 0 Å². The highest BCUT2D eigenvalue weighted by molar-refractivity contribution is 7.92. The van der Waals surface area contributed by atoms with Gasteiger partial charge in [0.25, 0.3) is 0 Å². The van der Waals surface area contributed by atoms with E-state index in [1.54, 1.807) is 12.1 Å². The molecular formula is C20H23ClN6O5S3. The summed E-state index contributed by atoms with van der Waals surface area (Å²) in [5, 5.41) is 11.5. The zero-order valence-corrected chi connectivity index (χ0v) is 21.6. The summed E-state index contributed by atoms with van der Waals surface area (Å²) in [7, 11) is -3.89. The first-order valence-electron chi connectivity index (χ1n) is 10.8. The fourth-order valence-corrected chi connectivity index (χ4v) is 6.54. The van der Waals surface area contributed by atoms with Crippen molar-refractivity contribution < 1.29 is 22.8 Å². The number of nitrogens with one attached hydrogen (secondary N) is 2. The number of sulfonamides is 1. The van der Waals surface area contributed by atoms with Crippen LogP contribution in [0.1, 0.15) is 30.6 Å². The van der Waals surface area contributed by atoms with Crippen LogP contribution in [-0.2, 0) is 24.4 Å². The number of carbonyl (C=O) groups is 3. The molecule has 0 saturated carbocycles. The van der Waals surface area contributed by atoms with E-state index in [0.717, 1.165) is 5.41 Å². The van der Waals surface area contributed by atoms with Gasteiger partial charge in [0.2, 0.25) is 32.9 Å². The number of carbonyl (C=O) groups excluding carboxylic acids is 3. The molecule has 2 fully saturated rings. The Hall–Kier alpha value is -2.39. The monoisotopic (exact) mass is 558 g/mol. The fourth-order valence-electron chi connectivity index (χ4n) is 4.03. The van der Waals surface area contributed by atoms with Crippen LogP contribution in [0.4, 0.5) is 5.13 Å². The number of hydrogen-bond donors (Lipinski definition) is 2. The SMILES string of the molecule is O=C(Nc1nncs1)[C@H]1CCCN1C(=O)CN1CCC[C@H](NS(=O)(=O)/C=C/c2ccc(Cl)s2)C1=O. The maximum Gasteiger partial charge on any atom is 0.249 e. The highest BCUT2D eigenvalue weighted by Crippen LogP contribution is 2.23. The highest BCUT2D eigenvalue weighted by Gasteiger charge is 2.37. The Morgan fingerprint density at radius 3 is 2.74 bits per heavy atom. The predicted octanol–water partition coefficient (Wildman–Crippen LogP) is 1.76. The third-order valence-corrected chi connectivity index (χ3v) is 8.55. The van der Waals surface area contributed by atoms with Crippen LogP contribution in [0.2, 0.25) is 4.34 Å². The number of aromatic nitrogens is 2. The zero-order chi connectivity index (χ0) is 25.0. The molecule has 0 spiro atoms. The minimum absolute atomic E-state index is 0.219. The second kappa shape index (κ2) is 11.1. The van der Waals surface area contributed by atoms with Gasteiger partial charge in [-0.3, -0.25) is 19.7 Å². The summed E-state index contributed by atoms with van der Waals surface area (Å²) >= 11 is 8.27. The van der Waals surface area contributed by atoms with Crippen molar-refractivity contribution in [3.8, 4) is 0 Å². The Labute approximate surface area is 215 Å². The average molecular weight is 559 g/mol. The lowest BCUT2D eigenvalue weighted by Gasteiger charge is -2.33. The van der Waals surface area contributed by atoms with Crippen molar-refractivity contribution in [1.82, 2.24) is 24.7 Å². The number of likely N-dealkylation sites (tertiary alicyclic amines) is 2. The van der Waals surface area contributed by atoms with E-state index >= 15 is 0 Å². The summed E-state index contributed by atoms with van der Waals surface area (Å²) in [4.78, 5) is 42.0. The van der Waals surface area contributed by atoms with Crippen molar-refractivity contribution >= 4 is 73.2 Å². The Bertz CT molecular complexity index is 1220. The molecule has 0 aromatic carbocycles. The van der Waals surface area contributed by atoms with Crippen LogP contribution in [0.3, 0.4) is 0 Å². The van der Waals surface area contributed by atoms with Gasteiger partial charge in [0.05, 0.1) is 10.9 Å². The maximum atomic E-state index is 13.0. The van der Waals surface area contributed by atoms with Gasteiger partial charge in [-0.05, 0) is 43.9 Å². The third kappa shape index (κ3) is 6.64. The molecule has 3 amide bonds. The molecular weight excluding hydrogens is 536 g/mol. The van der Waals surface area contributed by atoms with Gasteiger partial charge >= 0.3 is 0 Å². The van der Waals surface area contributed by atoms with E-state index in [2.05, 4.69) is 20.2 Å². The summed E-state index contributed by atoms with van der Waals surface area (Å²) in [6, 6.07) is 1.73. The molecule has 2 aromatic rings. The summed E-state index contributed by atoms with van der Waals surface area (Å²) in [5.74, 6) is -1.16. The molecule has 4 rings (SSSR count). The number of hydrogen-bond acceptors (Lipinski definition) is 9. The van der Waals surface area contributed by atoms with Crippen molar-refractivity contribution in [2.24, 2.45) is 0 Å². The van der Waals surface area contributed by atoms with Crippen molar-refractivity contribution in [2.75, 3.05) is 25.0 Å². The number of rotatable bonds is 8. The van der Waals surface area contributed by atoms with E-state index in [1.165, 1.54) is 44.1 Å². The Morgan fingerprint density at radius 2 is 2.03 bits per heavy atom. The first-order chi connectivity index (χ1) is 16.7. The standard InChI is InChI=1S/C20H23ClN6O5S3/c21-16-6-5-13(34-16)7-10-35(31,32)25-14-3-1-8-26(19(14)30)11-17(28)27-9-2-4-15(27)18(29)23-20-24-22-12-33-20/h5-7,10,12,14-15,25H,1-4,8-9,11H2,(H,23,24,29)/b10-7+/t14-,15+/m0/s1. The van der Waals surface area contributed by atoms with Crippen LogP contribution in [0.25, 0.3) is 6.08 Å². The first-order valence-corrected chi connectivity index (χ1v) is 14.4. The molecule has 4 heterocycles. The summed E-state index contributed by atoms with van der Waals surface area (Å²) in [5.41, 5.74) is 1.49. The van der Waals surface area contributed by atoms with Crippen LogP contribution >= 0.6 is 34.3 Å². The number of nitrogens with zero attached hydrogens (tertiary/aromatic N) is 4. The van der Waals surface area contributed by atoms with E-state index in [9.17, 15) is 22.8 Å². The number of anilines is 1. The summed E-state index contributed by atoms with van der Waals surface area (Å²) in [6.07, 6.45) is 3.45. The second-order valence-electron chi connectivity index (χ2n) is 8.04. The lowest BCUT2D eigenvalue weighted by molar-refractivity contribution is -0.144. The molecule has 35 heavy (non-hydrogen) atoms. The van der Waals surface area contributed by atoms with E-state index in [4.69, 9.17) is 11.6 Å². The van der Waals surface area contributed by atoms with E-state index in [-0.39, 0.29) is 18.4 Å². The van der Waals surface area contributed by atoms with Gasteiger partial charge in [-0.2, -0.15) is 4.72 Å². The summed E-state index contributed by atoms with van der Waals surface area (Å²) in [6.45, 7) is 0.521. The quantitative estimate of drug-likeness (QED) is 0.503. The molecule has 0 radical (unpaired) electrons. The number of thiophene rings is 1. The molecule has 2 N–H and O–H groups in total. The molecule has 2 saturated heterocycles. The molecule has 15 heteroatoms. The van der Waals surface area contributed by atoms with E-state index < -0.39 is 28.0 Å². The molecule has 0 unspecified atom stereocenters. The minimum Gasteiger partial charge on any atom is -0.332 e. The van der Waals surface area contributed by atoms with Crippen molar-refractivity contribution in [2.45, 2.75) is 37.8 Å². The highest BCUT2D eigenvalue weighted by atomic mass is 35.5. The topological polar surface area (TPSA) is 142 Å². The molecule has 0 bridgehead atoms. The van der Waals surface area contributed by atoms with Crippen LogP contribution in [0, 0.1) is 0 Å². The molecule has 2 atom stereocenters. The Balaban J connectivity index is 1.35. The Kier molecular flexibility index (Phi) is 8.16. The molecule has 2 aliphatic heterocycles. The average Bonchev–Trinajstić information content (AvgIpc) is 3.57. The van der Waals surface area contributed by atoms with Gasteiger partial charge in [0, 0.05) is 23.4 Å². The first kappa shape index (κ1) is 25.7. The van der Waals surface area contributed by atoms with Crippen molar-refractivity contribution in [3.05, 3.63) is 32.3 Å². The van der Waals surface area contributed by atoms with Gasteiger partial charge in [-0.1, -0.05) is 22.9 Å². The zero-order valence-electron chi connectivity index (χ0n) is 18.4. The third-order valence-electron chi connectivity index (χ3n) is 5.63. The number of piperidine rings is 1. The van der Waals surface area contributed by atoms with Crippen LogP contribution in [0.5, 0.6) is 0 Å². The van der Waals surface area contributed by atoms with Crippen molar-refractivity contribution in [3.63, 3.8) is 0 Å². The van der Waals surface area contributed by atoms with Gasteiger partial charge in [0.15, 0.2) is 0 Å². The molecule has 2 aromatic heterocycles. The fraction of sp³-hybridized carbons (Fsp3) is 0.450. The van der Waals surface area contributed by atoms with E-state index in [0.29, 0.717) is 53.1 Å². The smallest absolute Gasteiger partial charge is 0.249 e. The van der Waals surface area contributed by atoms with Gasteiger partial charge < -0.3 is 9.80 Å². The summed E-state index contributed by atoms with van der Waals surface area (Å²) < 4.78 is 27.9. The van der Waals surface area contributed by atoms with Crippen LogP contribution in [0.15, 0.2) is 23.1 Å². The van der Waals surface area contributed by atoms with Gasteiger partial charge in [-0.15, -0.1) is 21.5 Å². The molecule has 0 aliphatic carbocycles. The molecule has 188 valence electrons. The lowest BCUT2D eigenvalue weighted by atomic mass is 10.1. The molecule has 2 aliphatic rings. The number of amides is 3. The van der Waals surface area contributed by atoms with Gasteiger partial charge in [-0.25, -0.2) is 8.42 Å². The van der Waals surface area contributed by atoms with Crippen molar-refractivity contribution in [1.29, 1.82) is 0 Å². The molecule has 11 nitrogen and oxygen atoms in total. The van der Waals surface area contributed by atoms with Crippen LogP contribution in [-0.4, -0.2) is 77.9 Å². The normalized spacial score (nSPS) is 21.1. The predicted molar refractivity (Wildman–Crippen MR) is 133 cm³/mol. The van der Waals surface area contributed by atoms with Gasteiger partial charge in [0.1, 0.15) is 17.6 Å².